The summed E-state index contributed by atoms with van der Waals surface area (Å²) >= 11 is 5.90. The second-order valence-electron chi connectivity index (χ2n) is 3.74. The second kappa shape index (κ2) is 5.01. The molecule has 1 aromatic heterocycles. The highest BCUT2D eigenvalue weighted by Crippen LogP contribution is 2.23. The highest BCUT2D eigenvalue weighted by molar-refractivity contribution is 6.30. The Hall–Kier alpha value is -2.14. The monoisotopic (exact) mass is 263 g/mol. The summed E-state index contributed by atoms with van der Waals surface area (Å²) in [5.41, 5.74) is 1.80. The van der Waals surface area contributed by atoms with E-state index in [0.717, 1.165) is 11.3 Å². The number of hydrogen-bond acceptors (Lipinski definition) is 4. The van der Waals surface area contributed by atoms with Crippen molar-refractivity contribution in [3.05, 3.63) is 57.2 Å². The maximum Gasteiger partial charge on any atom is 0.287 e. The molecule has 0 aliphatic heterocycles. The van der Waals surface area contributed by atoms with Gasteiger partial charge in [-0.1, -0.05) is 17.7 Å². The van der Waals surface area contributed by atoms with Gasteiger partial charge in [-0.15, -0.1) is 0 Å². The quantitative estimate of drug-likeness (QED) is 0.677. The third-order valence-electron chi connectivity index (χ3n) is 2.42. The number of halogens is 1. The van der Waals surface area contributed by atoms with Crippen LogP contribution in [0.2, 0.25) is 5.02 Å². The first kappa shape index (κ1) is 12.3. The van der Waals surface area contributed by atoms with Gasteiger partial charge in [0.2, 0.25) is 0 Å². The van der Waals surface area contributed by atoms with Gasteiger partial charge in [0.25, 0.3) is 5.69 Å². The third kappa shape index (κ3) is 2.75. The molecular formula is C12H10ClN3O2. The Bertz CT molecular complexity index is 584. The van der Waals surface area contributed by atoms with Gasteiger partial charge < -0.3 is 5.32 Å². The summed E-state index contributed by atoms with van der Waals surface area (Å²) in [5.74, 6) is 0.533. The van der Waals surface area contributed by atoms with Crippen molar-refractivity contribution >= 4 is 28.8 Å². The molecule has 0 saturated heterocycles. The van der Waals surface area contributed by atoms with Crippen LogP contribution in [-0.4, -0.2) is 9.91 Å². The van der Waals surface area contributed by atoms with Crippen LogP contribution < -0.4 is 5.32 Å². The summed E-state index contributed by atoms with van der Waals surface area (Å²) in [6.07, 6.45) is 1.21. The van der Waals surface area contributed by atoms with Crippen LogP contribution in [0, 0.1) is 17.0 Å². The van der Waals surface area contributed by atoms with Crippen LogP contribution in [0.5, 0.6) is 0 Å². The van der Waals surface area contributed by atoms with Crippen molar-refractivity contribution in [2.24, 2.45) is 0 Å². The van der Waals surface area contributed by atoms with E-state index in [1.54, 1.807) is 18.2 Å². The number of benzene rings is 1. The zero-order valence-corrected chi connectivity index (χ0v) is 10.3. The molecular weight excluding hydrogens is 254 g/mol. The minimum atomic E-state index is -0.485. The number of nitrogens with zero attached hydrogens (tertiary/aromatic N) is 2. The Labute approximate surface area is 109 Å². The van der Waals surface area contributed by atoms with E-state index in [4.69, 9.17) is 11.6 Å². The van der Waals surface area contributed by atoms with E-state index in [0.29, 0.717) is 10.8 Å². The molecule has 1 heterocycles. The van der Waals surface area contributed by atoms with Crippen LogP contribution >= 0.6 is 11.6 Å². The summed E-state index contributed by atoms with van der Waals surface area (Å²) < 4.78 is 0. The maximum atomic E-state index is 10.5. The first-order valence-corrected chi connectivity index (χ1v) is 5.57. The molecule has 0 amide bonds. The Morgan fingerprint density at radius 2 is 2.11 bits per heavy atom. The highest BCUT2D eigenvalue weighted by Gasteiger charge is 2.06. The number of nitrogens with one attached hydrogen (secondary N) is 1. The minimum absolute atomic E-state index is 0.0385. The molecule has 0 aliphatic rings. The predicted octanol–water partition coefficient (Wildman–Crippen LogP) is 3.70. The molecule has 0 saturated carbocycles. The molecule has 1 N–H and O–H groups in total. The lowest BCUT2D eigenvalue weighted by Crippen LogP contribution is -1.96. The molecule has 0 spiro atoms. The molecule has 5 nitrogen and oxygen atoms in total. The lowest BCUT2D eigenvalue weighted by atomic mass is 10.2. The Balaban J connectivity index is 2.23. The van der Waals surface area contributed by atoms with Crippen molar-refractivity contribution < 1.29 is 4.92 Å². The van der Waals surface area contributed by atoms with Crippen LogP contribution in [-0.2, 0) is 0 Å². The fourth-order valence-corrected chi connectivity index (χ4v) is 1.61. The Morgan fingerprint density at radius 3 is 2.72 bits per heavy atom. The number of anilines is 2. The van der Waals surface area contributed by atoms with Gasteiger partial charge in [0, 0.05) is 16.8 Å². The average Bonchev–Trinajstić information content (AvgIpc) is 2.34. The second-order valence-corrected chi connectivity index (χ2v) is 4.18. The summed E-state index contributed by atoms with van der Waals surface area (Å²) in [6, 6.07) is 8.41. The number of rotatable bonds is 3. The molecule has 0 bridgehead atoms. The largest absolute Gasteiger partial charge is 0.340 e. The fraction of sp³-hybridized carbons (Fsp3) is 0.0833. The molecule has 0 fully saturated rings. The zero-order valence-electron chi connectivity index (χ0n) is 9.55. The summed E-state index contributed by atoms with van der Waals surface area (Å²) in [6.45, 7) is 1.93. The van der Waals surface area contributed by atoms with Gasteiger partial charge >= 0.3 is 0 Å². The first-order valence-electron chi connectivity index (χ1n) is 5.20. The van der Waals surface area contributed by atoms with Crippen LogP contribution in [0.4, 0.5) is 17.2 Å². The van der Waals surface area contributed by atoms with E-state index in [-0.39, 0.29) is 5.69 Å². The smallest absolute Gasteiger partial charge is 0.287 e. The van der Waals surface area contributed by atoms with E-state index < -0.39 is 4.92 Å². The first-order chi connectivity index (χ1) is 8.56. The predicted molar refractivity (Wildman–Crippen MR) is 70.4 cm³/mol. The van der Waals surface area contributed by atoms with Crippen LogP contribution in [0.15, 0.2) is 36.5 Å². The van der Waals surface area contributed by atoms with Gasteiger partial charge in [-0.05, 0) is 30.7 Å². The van der Waals surface area contributed by atoms with Crippen molar-refractivity contribution in [3.63, 3.8) is 0 Å². The van der Waals surface area contributed by atoms with E-state index in [1.807, 2.05) is 13.0 Å². The third-order valence-corrected chi connectivity index (χ3v) is 2.66. The molecule has 0 unspecified atom stereocenters. The molecule has 1 aromatic carbocycles. The average molecular weight is 264 g/mol. The lowest BCUT2D eigenvalue weighted by molar-refractivity contribution is -0.385. The number of aryl methyl sites for hydroxylation is 1. The van der Waals surface area contributed by atoms with Crippen molar-refractivity contribution in [2.75, 3.05) is 5.32 Å². The highest BCUT2D eigenvalue weighted by atomic mass is 35.5. The van der Waals surface area contributed by atoms with E-state index in [2.05, 4.69) is 10.3 Å². The van der Waals surface area contributed by atoms with E-state index >= 15 is 0 Å². The van der Waals surface area contributed by atoms with Crippen LogP contribution in [0.3, 0.4) is 0 Å². The van der Waals surface area contributed by atoms with Gasteiger partial charge in [0.05, 0.1) is 4.92 Å². The number of nitro groups is 1. The van der Waals surface area contributed by atoms with Gasteiger partial charge in [-0.25, -0.2) is 4.98 Å². The molecule has 0 atom stereocenters. The maximum absolute atomic E-state index is 10.5. The SMILES string of the molecule is Cc1ccc(Cl)cc1Nc1ccc([N+](=O)[O-])cn1. The Kier molecular flexibility index (Phi) is 3.43. The number of pyridine rings is 1. The summed E-state index contributed by atoms with van der Waals surface area (Å²) in [4.78, 5) is 14.0. The molecule has 6 heteroatoms. The van der Waals surface area contributed by atoms with Crippen LogP contribution in [0.25, 0.3) is 0 Å². The van der Waals surface area contributed by atoms with Gasteiger partial charge in [0.1, 0.15) is 12.0 Å². The summed E-state index contributed by atoms with van der Waals surface area (Å²) in [7, 11) is 0. The van der Waals surface area contributed by atoms with Crippen molar-refractivity contribution in [3.8, 4) is 0 Å². The zero-order chi connectivity index (χ0) is 13.1. The van der Waals surface area contributed by atoms with Crippen molar-refractivity contribution in [2.45, 2.75) is 6.92 Å². The number of aromatic nitrogens is 1. The molecule has 18 heavy (non-hydrogen) atoms. The standard InChI is InChI=1S/C12H10ClN3O2/c1-8-2-3-9(13)6-11(8)15-12-5-4-10(7-14-12)16(17)18/h2-7H,1H3,(H,14,15). The molecule has 92 valence electrons. The minimum Gasteiger partial charge on any atom is -0.340 e. The molecule has 0 aliphatic carbocycles. The van der Waals surface area contributed by atoms with E-state index in [9.17, 15) is 10.1 Å². The topological polar surface area (TPSA) is 68.1 Å². The van der Waals surface area contributed by atoms with E-state index in [1.165, 1.54) is 12.3 Å². The Morgan fingerprint density at radius 1 is 1.33 bits per heavy atom. The van der Waals surface area contributed by atoms with Crippen molar-refractivity contribution in [1.29, 1.82) is 0 Å². The summed E-state index contributed by atoms with van der Waals surface area (Å²) in [5, 5.41) is 14.2. The number of hydrogen-bond donors (Lipinski definition) is 1. The normalized spacial score (nSPS) is 10.1. The van der Waals surface area contributed by atoms with Gasteiger partial charge in [-0.3, -0.25) is 10.1 Å². The molecule has 2 rings (SSSR count). The lowest BCUT2D eigenvalue weighted by Gasteiger charge is -2.08. The van der Waals surface area contributed by atoms with Gasteiger partial charge in [0.15, 0.2) is 0 Å². The van der Waals surface area contributed by atoms with Crippen molar-refractivity contribution in [1.82, 2.24) is 4.98 Å². The fourth-order valence-electron chi connectivity index (χ4n) is 1.43. The van der Waals surface area contributed by atoms with Gasteiger partial charge in [-0.2, -0.15) is 0 Å². The molecule has 0 radical (unpaired) electrons. The van der Waals surface area contributed by atoms with Crippen LogP contribution in [0.1, 0.15) is 5.56 Å². The molecule has 2 aromatic rings.